The van der Waals surface area contributed by atoms with Crippen LogP contribution in [-0.4, -0.2) is 66.9 Å². The summed E-state index contributed by atoms with van der Waals surface area (Å²) < 4.78 is 10.7. The molecule has 0 bridgehead atoms. The summed E-state index contributed by atoms with van der Waals surface area (Å²) in [5, 5.41) is 11.3. The highest BCUT2D eigenvalue weighted by atomic mass is 16.5. The molecule has 0 aliphatic carbocycles. The fourth-order valence-electron chi connectivity index (χ4n) is 4.77. The Labute approximate surface area is 234 Å². The van der Waals surface area contributed by atoms with E-state index in [9.17, 15) is 19.5 Å². The summed E-state index contributed by atoms with van der Waals surface area (Å²) >= 11 is 0. The van der Waals surface area contributed by atoms with Gasteiger partial charge in [-0.1, -0.05) is 42.0 Å². The largest absolute Gasteiger partial charge is 0.507 e. The number of amides is 1. The van der Waals surface area contributed by atoms with Crippen LogP contribution < -0.4 is 4.74 Å². The van der Waals surface area contributed by atoms with Crippen molar-refractivity contribution < 1.29 is 29.0 Å². The van der Waals surface area contributed by atoms with Crippen LogP contribution in [0.15, 0.2) is 78.4 Å². The van der Waals surface area contributed by atoms with Crippen LogP contribution in [0.4, 0.5) is 0 Å². The van der Waals surface area contributed by atoms with Crippen LogP contribution in [0.5, 0.6) is 5.75 Å². The van der Waals surface area contributed by atoms with Crippen molar-refractivity contribution in [3.05, 3.63) is 106 Å². The Bertz CT molecular complexity index is 1410. The van der Waals surface area contributed by atoms with Gasteiger partial charge in [0.2, 0.25) is 0 Å². The number of aryl methyl sites for hydroxylation is 1. The van der Waals surface area contributed by atoms with E-state index in [1.54, 1.807) is 48.5 Å². The van der Waals surface area contributed by atoms with Gasteiger partial charge in [0.15, 0.2) is 0 Å². The van der Waals surface area contributed by atoms with Gasteiger partial charge >= 0.3 is 5.97 Å². The van der Waals surface area contributed by atoms with E-state index >= 15 is 0 Å². The Kier molecular flexibility index (Phi) is 9.01. The van der Waals surface area contributed by atoms with E-state index in [-0.39, 0.29) is 11.3 Å². The molecule has 8 heteroatoms. The molecule has 1 N–H and O–H groups in total. The van der Waals surface area contributed by atoms with E-state index in [4.69, 9.17) is 9.47 Å². The highest BCUT2D eigenvalue weighted by molar-refractivity contribution is 6.46. The number of likely N-dealkylation sites (tertiary alicyclic amines) is 1. The molecule has 0 unspecified atom stereocenters. The normalized spacial score (nSPS) is 16.4. The van der Waals surface area contributed by atoms with Crippen LogP contribution in [0.3, 0.4) is 0 Å². The van der Waals surface area contributed by atoms with Crippen LogP contribution in [0.25, 0.3) is 5.76 Å². The number of ketones is 1. The summed E-state index contributed by atoms with van der Waals surface area (Å²) in [5.41, 5.74) is 3.54. The lowest BCUT2D eigenvalue weighted by Crippen LogP contribution is -2.32. The van der Waals surface area contributed by atoms with E-state index in [2.05, 4.69) is 6.07 Å². The standard InChI is InChI=1S/C32H34N2O6/c1-21-7-5-8-22(19-21)20-40-26-15-13-24(14-16-26)29(35)27-28(23-9-11-25(12-10-23)32(38)39-4)34(31(37)30(27)36)18-6-17-33(2)3/h5,7-16,19,28,35H,6,17-18,20H2,1-4H3/t28-/m0/s1. The summed E-state index contributed by atoms with van der Waals surface area (Å²) in [6, 6.07) is 20.5. The molecule has 0 aromatic heterocycles. The highest BCUT2D eigenvalue weighted by Crippen LogP contribution is 2.39. The van der Waals surface area contributed by atoms with Crippen LogP contribution in [0.2, 0.25) is 0 Å². The number of carbonyl (C=O) groups is 3. The minimum absolute atomic E-state index is 0.00843. The molecule has 40 heavy (non-hydrogen) atoms. The summed E-state index contributed by atoms with van der Waals surface area (Å²) in [4.78, 5) is 41.9. The Morgan fingerprint density at radius 1 is 0.975 bits per heavy atom. The topological polar surface area (TPSA) is 96.4 Å². The molecule has 1 aliphatic rings. The molecule has 3 aromatic carbocycles. The van der Waals surface area contributed by atoms with Gasteiger partial charge in [-0.05, 0) is 81.5 Å². The number of benzene rings is 3. The molecule has 1 saturated heterocycles. The summed E-state index contributed by atoms with van der Waals surface area (Å²) in [6.07, 6.45) is 0.643. The predicted molar refractivity (Wildman–Crippen MR) is 152 cm³/mol. The van der Waals surface area contributed by atoms with Gasteiger partial charge < -0.3 is 24.4 Å². The van der Waals surface area contributed by atoms with Gasteiger partial charge in [0, 0.05) is 12.1 Å². The van der Waals surface area contributed by atoms with Gasteiger partial charge in [0.1, 0.15) is 18.1 Å². The summed E-state index contributed by atoms with van der Waals surface area (Å²) in [5.74, 6) is -1.56. The van der Waals surface area contributed by atoms with Gasteiger partial charge in [-0.15, -0.1) is 0 Å². The molecule has 1 heterocycles. The third kappa shape index (κ3) is 6.40. The number of rotatable bonds is 10. The minimum atomic E-state index is -0.800. The second-order valence-electron chi connectivity index (χ2n) is 10.1. The number of aliphatic hydroxyl groups excluding tert-OH is 1. The highest BCUT2D eigenvalue weighted by Gasteiger charge is 2.45. The molecule has 1 fully saturated rings. The van der Waals surface area contributed by atoms with Gasteiger partial charge in [0.05, 0.1) is 24.3 Å². The second kappa shape index (κ2) is 12.6. The molecule has 208 valence electrons. The van der Waals surface area contributed by atoms with E-state index in [1.807, 2.05) is 44.1 Å². The number of methoxy groups -OCH3 is 1. The molecule has 8 nitrogen and oxygen atoms in total. The van der Waals surface area contributed by atoms with Crippen molar-refractivity contribution >= 4 is 23.4 Å². The zero-order chi connectivity index (χ0) is 28.8. The van der Waals surface area contributed by atoms with Crippen LogP contribution in [0, 0.1) is 6.92 Å². The van der Waals surface area contributed by atoms with Crippen molar-refractivity contribution in [3.8, 4) is 5.75 Å². The third-order valence-corrected chi connectivity index (χ3v) is 6.81. The summed E-state index contributed by atoms with van der Waals surface area (Å²) in [7, 11) is 5.17. The maximum atomic E-state index is 13.3. The third-order valence-electron chi connectivity index (χ3n) is 6.81. The average molecular weight is 543 g/mol. The molecule has 0 saturated carbocycles. The maximum absolute atomic E-state index is 13.3. The molecule has 1 aliphatic heterocycles. The fourth-order valence-corrected chi connectivity index (χ4v) is 4.77. The van der Waals surface area contributed by atoms with Gasteiger partial charge in [-0.2, -0.15) is 0 Å². The van der Waals surface area contributed by atoms with Crippen molar-refractivity contribution in [3.63, 3.8) is 0 Å². The molecule has 4 rings (SSSR count). The number of aliphatic hydroxyl groups is 1. The molecule has 1 amide bonds. The predicted octanol–water partition coefficient (Wildman–Crippen LogP) is 4.73. The van der Waals surface area contributed by atoms with E-state index in [0.29, 0.717) is 42.0 Å². The zero-order valence-corrected chi connectivity index (χ0v) is 23.2. The Balaban J connectivity index is 1.64. The van der Waals surface area contributed by atoms with Gasteiger partial charge in [-0.3, -0.25) is 9.59 Å². The number of nitrogens with zero attached hydrogens (tertiary/aromatic N) is 2. The van der Waals surface area contributed by atoms with Gasteiger partial charge in [0.25, 0.3) is 11.7 Å². The first-order valence-corrected chi connectivity index (χ1v) is 13.1. The van der Waals surface area contributed by atoms with Crippen molar-refractivity contribution in [1.29, 1.82) is 0 Å². The van der Waals surface area contributed by atoms with E-state index in [0.717, 1.165) is 17.7 Å². The van der Waals surface area contributed by atoms with Crippen molar-refractivity contribution in [2.24, 2.45) is 0 Å². The number of Topliss-reactive ketones (excluding diaryl/α,β-unsaturated/α-hetero) is 1. The number of ether oxygens (including phenoxy) is 2. The SMILES string of the molecule is COC(=O)c1ccc([C@H]2C(=C(O)c3ccc(OCc4cccc(C)c4)cc3)C(=O)C(=O)N2CCCN(C)C)cc1. The molecule has 1 atom stereocenters. The number of esters is 1. The van der Waals surface area contributed by atoms with Crippen LogP contribution in [0.1, 0.15) is 45.1 Å². The minimum Gasteiger partial charge on any atom is -0.507 e. The Morgan fingerprint density at radius 2 is 1.65 bits per heavy atom. The lowest BCUT2D eigenvalue weighted by Gasteiger charge is -2.26. The molecule has 3 aromatic rings. The first-order chi connectivity index (χ1) is 19.2. The first-order valence-electron chi connectivity index (χ1n) is 13.1. The number of hydrogen-bond donors (Lipinski definition) is 1. The summed E-state index contributed by atoms with van der Waals surface area (Å²) in [6.45, 7) is 3.47. The molecule has 0 spiro atoms. The quantitative estimate of drug-likeness (QED) is 0.171. The Morgan fingerprint density at radius 3 is 2.27 bits per heavy atom. The molecule has 0 radical (unpaired) electrons. The number of carbonyl (C=O) groups excluding carboxylic acids is 3. The number of hydrogen-bond acceptors (Lipinski definition) is 7. The van der Waals surface area contributed by atoms with Crippen LogP contribution in [-0.2, 0) is 20.9 Å². The lowest BCUT2D eigenvalue weighted by atomic mass is 9.94. The average Bonchev–Trinajstić information content (AvgIpc) is 3.20. The van der Waals surface area contributed by atoms with Crippen molar-refractivity contribution in [2.45, 2.75) is 26.0 Å². The van der Waals surface area contributed by atoms with E-state index in [1.165, 1.54) is 12.0 Å². The van der Waals surface area contributed by atoms with Crippen molar-refractivity contribution in [1.82, 2.24) is 9.80 Å². The van der Waals surface area contributed by atoms with Crippen LogP contribution >= 0.6 is 0 Å². The lowest BCUT2D eigenvalue weighted by molar-refractivity contribution is -0.139. The zero-order valence-electron chi connectivity index (χ0n) is 23.2. The first kappa shape index (κ1) is 28.6. The molecular weight excluding hydrogens is 508 g/mol. The fraction of sp³-hybridized carbons (Fsp3) is 0.281. The molecular formula is C32H34N2O6. The Hall–Kier alpha value is -4.43. The maximum Gasteiger partial charge on any atom is 0.337 e. The van der Waals surface area contributed by atoms with Gasteiger partial charge in [-0.25, -0.2) is 4.79 Å². The van der Waals surface area contributed by atoms with E-state index < -0.39 is 23.7 Å². The second-order valence-corrected chi connectivity index (χ2v) is 10.1. The monoisotopic (exact) mass is 542 g/mol. The smallest absolute Gasteiger partial charge is 0.337 e. The van der Waals surface area contributed by atoms with Crippen molar-refractivity contribution in [2.75, 3.05) is 34.3 Å².